The van der Waals surface area contributed by atoms with Gasteiger partial charge in [-0.3, -0.25) is 4.57 Å². The summed E-state index contributed by atoms with van der Waals surface area (Å²) in [4.78, 5) is 58.5. The SMILES string of the molecule is C#C[C@]1(COC(=O)OC=C2OC(=O)OC2C)O[C@@H](n2cnc3c(N)nc(F)nc32)C[C@@H]1OC(=O)OC=C1OC(=O)OC1C. The summed E-state index contributed by atoms with van der Waals surface area (Å²) < 4.78 is 60.4. The summed E-state index contributed by atoms with van der Waals surface area (Å²) in [5.74, 6) is 1.86. The van der Waals surface area contributed by atoms with Crippen LogP contribution in [-0.4, -0.2) is 74.7 Å². The van der Waals surface area contributed by atoms with Crippen molar-refractivity contribution in [2.75, 3.05) is 12.3 Å². The molecule has 3 aliphatic heterocycles. The normalized spacial score (nSPS) is 28.1. The molecule has 2 aromatic heterocycles. The number of terminal acetylenes is 1. The van der Waals surface area contributed by atoms with Crippen molar-refractivity contribution in [1.29, 1.82) is 0 Å². The predicted octanol–water partition coefficient (Wildman–Crippen LogP) is 2.31. The number of carbonyl (C=O) groups is 4. The number of carbonyl (C=O) groups excluding carboxylic acids is 4. The van der Waals surface area contributed by atoms with Gasteiger partial charge in [0, 0.05) is 6.42 Å². The van der Waals surface area contributed by atoms with Gasteiger partial charge in [-0.15, -0.1) is 6.42 Å². The number of imidazole rings is 1. The van der Waals surface area contributed by atoms with Crippen molar-refractivity contribution < 1.29 is 66.2 Å². The van der Waals surface area contributed by atoms with Crippen molar-refractivity contribution in [3.63, 3.8) is 0 Å². The van der Waals surface area contributed by atoms with E-state index in [4.69, 9.17) is 54.8 Å². The Kier molecular flexibility index (Phi) is 7.60. The zero-order valence-electron chi connectivity index (χ0n) is 22.1. The van der Waals surface area contributed by atoms with E-state index in [0.717, 1.165) is 12.5 Å². The van der Waals surface area contributed by atoms with Gasteiger partial charge in [-0.2, -0.15) is 14.4 Å². The number of nitrogens with two attached hydrogens (primary N) is 1. The minimum absolute atomic E-state index is 0.0489. The summed E-state index contributed by atoms with van der Waals surface area (Å²) in [6, 6.07) is 0. The minimum Gasteiger partial charge on any atom is -0.430 e. The molecule has 5 rings (SSSR count). The van der Waals surface area contributed by atoms with E-state index in [-0.39, 0.29) is 34.9 Å². The van der Waals surface area contributed by atoms with Gasteiger partial charge >= 0.3 is 30.7 Å². The monoisotopic (exact) mass is 605 g/mol. The third-order valence-corrected chi connectivity index (χ3v) is 6.19. The summed E-state index contributed by atoms with van der Waals surface area (Å²) in [5.41, 5.74) is 3.74. The maximum absolute atomic E-state index is 14.0. The van der Waals surface area contributed by atoms with Gasteiger partial charge in [-0.25, -0.2) is 24.2 Å². The Hall–Kier alpha value is -5.64. The maximum atomic E-state index is 14.0. The molecular weight excluding hydrogens is 585 g/mol. The molecule has 2 aromatic rings. The zero-order chi connectivity index (χ0) is 30.9. The molecule has 5 atom stereocenters. The molecule has 0 radical (unpaired) electrons. The van der Waals surface area contributed by atoms with Gasteiger partial charge in [-0.05, 0) is 13.8 Å². The minimum atomic E-state index is -1.97. The molecule has 3 aliphatic rings. The Bertz CT molecular complexity index is 1600. The highest BCUT2D eigenvalue weighted by molar-refractivity contribution is 5.81. The van der Waals surface area contributed by atoms with Gasteiger partial charge in [0.25, 0.3) is 0 Å². The molecule has 0 aliphatic carbocycles. The van der Waals surface area contributed by atoms with E-state index in [0.29, 0.717) is 0 Å². The van der Waals surface area contributed by atoms with Crippen LogP contribution in [0.1, 0.15) is 26.5 Å². The summed E-state index contributed by atoms with van der Waals surface area (Å²) in [5, 5.41) is 0. The van der Waals surface area contributed by atoms with E-state index in [2.05, 4.69) is 20.9 Å². The van der Waals surface area contributed by atoms with Gasteiger partial charge in [0.1, 0.15) is 25.4 Å². The highest BCUT2D eigenvalue weighted by Gasteiger charge is 2.53. The van der Waals surface area contributed by atoms with Crippen LogP contribution < -0.4 is 5.73 Å². The molecule has 2 unspecified atom stereocenters. The molecule has 0 amide bonds. The van der Waals surface area contributed by atoms with E-state index in [1.807, 2.05) is 0 Å². The molecule has 19 heteroatoms. The van der Waals surface area contributed by atoms with Gasteiger partial charge in [0.2, 0.25) is 5.60 Å². The van der Waals surface area contributed by atoms with Gasteiger partial charge in [0.05, 0.1) is 6.33 Å². The van der Waals surface area contributed by atoms with Gasteiger partial charge in [-0.1, -0.05) is 5.92 Å². The zero-order valence-corrected chi connectivity index (χ0v) is 22.1. The molecule has 18 nitrogen and oxygen atoms in total. The standard InChI is InChI=1S/C24H20FN5O13/c1-4-24(8-37-20(31)35-6-12-10(2)38-22(33)40-12)14(42-21(32)36-7-13-11(3)39-23(34)41-13)5-15(43-24)30-9-27-16-17(26)28-19(25)29-18(16)30/h1,6-7,9-11,14-15H,5,8H2,2-3H3,(H2,26,28,29)/t10?,11?,14-,15+,24+/m0/s1. The lowest BCUT2D eigenvalue weighted by Crippen LogP contribution is -2.45. The lowest BCUT2D eigenvalue weighted by atomic mass is 9.98. The fourth-order valence-corrected chi connectivity index (χ4v) is 4.08. The Balaban J connectivity index is 1.35. The van der Waals surface area contributed by atoms with E-state index in [1.54, 1.807) is 0 Å². The van der Waals surface area contributed by atoms with Crippen molar-refractivity contribution in [2.24, 2.45) is 0 Å². The van der Waals surface area contributed by atoms with Crippen LogP contribution in [0.4, 0.5) is 29.4 Å². The average Bonchev–Trinajstić information content (AvgIpc) is 3.69. The van der Waals surface area contributed by atoms with Crippen LogP contribution in [-0.2, 0) is 42.6 Å². The molecule has 0 saturated carbocycles. The van der Waals surface area contributed by atoms with Crippen molar-refractivity contribution >= 4 is 41.6 Å². The molecule has 3 fully saturated rings. The molecule has 43 heavy (non-hydrogen) atoms. The van der Waals surface area contributed by atoms with Crippen LogP contribution in [0.3, 0.4) is 0 Å². The van der Waals surface area contributed by atoms with Crippen LogP contribution in [0.2, 0.25) is 0 Å². The molecule has 0 bridgehead atoms. The number of anilines is 1. The number of hydrogen-bond acceptors (Lipinski definition) is 17. The first-order valence-corrected chi connectivity index (χ1v) is 12.2. The molecule has 3 saturated heterocycles. The molecule has 0 spiro atoms. The quantitative estimate of drug-likeness (QED) is 0.164. The first-order chi connectivity index (χ1) is 20.5. The van der Waals surface area contributed by atoms with Crippen molar-refractivity contribution in [1.82, 2.24) is 19.5 Å². The fraction of sp³-hybridized carbons (Fsp3) is 0.375. The fourth-order valence-electron chi connectivity index (χ4n) is 4.08. The van der Waals surface area contributed by atoms with E-state index in [9.17, 15) is 23.6 Å². The molecule has 0 aromatic carbocycles. The van der Waals surface area contributed by atoms with Gasteiger partial charge in [0.15, 0.2) is 46.8 Å². The highest BCUT2D eigenvalue weighted by Crippen LogP contribution is 2.40. The first kappa shape index (κ1) is 28.9. The summed E-state index contributed by atoms with van der Waals surface area (Å²) in [6.07, 6.45) is -1.49. The number of hydrogen-bond donors (Lipinski definition) is 1. The Morgan fingerprint density at radius 2 is 1.77 bits per heavy atom. The number of aromatic nitrogens is 4. The number of nitrogen functional groups attached to an aromatic ring is 1. The largest absolute Gasteiger partial charge is 0.514 e. The summed E-state index contributed by atoms with van der Waals surface area (Å²) in [6.45, 7) is 2.19. The Labute approximate surface area is 239 Å². The Morgan fingerprint density at radius 1 is 1.14 bits per heavy atom. The van der Waals surface area contributed by atoms with Crippen LogP contribution in [0.25, 0.3) is 11.2 Å². The molecule has 2 N–H and O–H groups in total. The number of fused-ring (bicyclic) bond motifs is 1. The third kappa shape index (κ3) is 5.89. The second-order valence-corrected chi connectivity index (χ2v) is 8.94. The highest BCUT2D eigenvalue weighted by atomic mass is 19.1. The van der Waals surface area contributed by atoms with E-state index in [1.165, 1.54) is 24.7 Å². The van der Waals surface area contributed by atoms with Crippen molar-refractivity contribution in [3.05, 3.63) is 36.4 Å². The van der Waals surface area contributed by atoms with E-state index >= 15 is 0 Å². The molecule has 5 heterocycles. The van der Waals surface area contributed by atoms with Crippen LogP contribution in [0, 0.1) is 18.4 Å². The van der Waals surface area contributed by atoms with Crippen LogP contribution in [0.5, 0.6) is 0 Å². The van der Waals surface area contributed by atoms with Crippen LogP contribution >= 0.6 is 0 Å². The summed E-state index contributed by atoms with van der Waals surface area (Å²) >= 11 is 0. The number of ether oxygens (including phenoxy) is 9. The van der Waals surface area contributed by atoms with Gasteiger partial charge < -0.3 is 48.4 Å². The predicted molar refractivity (Wildman–Crippen MR) is 130 cm³/mol. The topological polar surface area (TPSA) is 221 Å². The third-order valence-electron chi connectivity index (χ3n) is 6.19. The smallest absolute Gasteiger partial charge is 0.430 e. The number of cyclic esters (lactones) is 4. The number of nitrogens with zero attached hydrogens (tertiary/aromatic N) is 4. The maximum Gasteiger partial charge on any atom is 0.514 e. The second-order valence-electron chi connectivity index (χ2n) is 8.94. The summed E-state index contributed by atoms with van der Waals surface area (Å²) in [7, 11) is 0. The molecular formula is C24H20FN5O13. The average molecular weight is 605 g/mol. The lowest BCUT2D eigenvalue weighted by Gasteiger charge is -2.27. The second kappa shape index (κ2) is 11.3. The Morgan fingerprint density at radius 3 is 2.35 bits per heavy atom. The number of rotatable bonds is 6. The lowest BCUT2D eigenvalue weighted by molar-refractivity contribution is -0.101. The number of halogens is 1. The van der Waals surface area contributed by atoms with Crippen molar-refractivity contribution in [2.45, 2.75) is 50.4 Å². The van der Waals surface area contributed by atoms with Crippen LogP contribution in [0.15, 0.2) is 30.4 Å². The molecule has 226 valence electrons. The van der Waals surface area contributed by atoms with Crippen molar-refractivity contribution in [3.8, 4) is 12.3 Å². The first-order valence-electron chi connectivity index (χ1n) is 12.2. The van der Waals surface area contributed by atoms with E-state index < -0.39 is 67.4 Å².